The van der Waals surface area contributed by atoms with E-state index in [9.17, 15) is 26.3 Å². The number of benzene rings is 2. The van der Waals surface area contributed by atoms with Crippen LogP contribution in [0, 0.1) is 24.7 Å². The fourth-order valence-corrected chi connectivity index (χ4v) is 2.36. The van der Waals surface area contributed by atoms with Gasteiger partial charge in [-0.2, -0.15) is 26.3 Å². The van der Waals surface area contributed by atoms with Gasteiger partial charge in [-0.25, -0.2) is 0 Å². The molecule has 0 aromatic heterocycles. The van der Waals surface area contributed by atoms with Gasteiger partial charge in [0.25, 0.3) is 0 Å². The maximum absolute atomic E-state index is 13.5. The van der Waals surface area contributed by atoms with E-state index in [2.05, 4.69) is 24.7 Å². The predicted molar refractivity (Wildman–Crippen MR) is 117 cm³/mol. The van der Waals surface area contributed by atoms with Crippen LogP contribution in [0.1, 0.15) is 52.7 Å². The van der Waals surface area contributed by atoms with E-state index in [-0.39, 0.29) is 0 Å². The first-order valence-electron chi connectivity index (χ1n) is 9.53. The summed E-state index contributed by atoms with van der Waals surface area (Å²) >= 11 is 0. The van der Waals surface area contributed by atoms with Gasteiger partial charge in [0.05, 0.1) is 0 Å². The SMILES string of the molecule is C#CC.C#CC.CC.CC.FC(F)(F)C(c1ccccc1)(c1ccccc1)C(F)(F)F. The van der Waals surface area contributed by atoms with Crippen molar-refractivity contribution in [3.05, 3.63) is 71.8 Å². The van der Waals surface area contributed by atoms with Crippen LogP contribution in [0.4, 0.5) is 26.3 Å². The second kappa shape index (κ2) is 16.9. The van der Waals surface area contributed by atoms with Gasteiger partial charge >= 0.3 is 12.4 Å². The van der Waals surface area contributed by atoms with Gasteiger partial charge in [0.15, 0.2) is 0 Å². The molecule has 6 heteroatoms. The Morgan fingerprint density at radius 3 is 0.903 bits per heavy atom. The quantitative estimate of drug-likeness (QED) is 0.322. The summed E-state index contributed by atoms with van der Waals surface area (Å²) in [5.41, 5.74) is -5.74. The van der Waals surface area contributed by atoms with Gasteiger partial charge in [0.2, 0.25) is 5.41 Å². The van der Waals surface area contributed by atoms with Crippen molar-refractivity contribution >= 4 is 0 Å². The van der Waals surface area contributed by atoms with Crippen LogP contribution in [0.2, 0.25) is 0 Å². The normalized spacial score (nSPS) is 9.87. The van der Waals surface area contributed by atoms with Crippen LogP contribution in [0.15, 0.2) is 60.7 Å². The number of rotatable bonds is 2. The van der Waals surface area contributed by atoms with Crippen molar-refractivity contribution in [2.45, 2.75) is 59.3 Å². The minimum Gasteiger partial charge on any atom is -0.169 e. The molecule has 0 radical (unpaired) electrons. The van der Waals surface area contributed by atoms with Crippen LogP contribution in [0.25, 0.3) is 0 Å². The van der Waals surface area contributed by atoms with Crippen LogP contribution in [0.5, 0.6) is 0 Å². The average Bonchev–Trinajstić information content (AvgIpc) is 2.72. The van der Waals surface area contributed by atoms with Crippen molar-refractivity contribution in [2.75, 3.05) is 0 Å². The van der Waals surface area contributed by atoms with Crippen LogP contribution in [0.3, 0.4) is 0 Å². The molecule has 0 aliphatic rings. The second-order valence-corrected chi connectivity index (χ2v) is 5.05. The van der Waals surface area contributed by atoms with E-state index in [0.717, 1.165) is 48.5 Å². The number of hydrogen-bond donors (Lipinski definition) is 0. The first-order valence-corrected chi connectivity index (χ1v) is 9.53. The Morgan fingerprint density at radius 1 is 0.548 bits per heavy atom. The molecule has 0 fully saturated rings. The third-order valence-electron chi connectivity index (χ3n) is 3.26. The molecule has 0 bridgehead atoms. The highest BCUT2D eigenvalue weighted by molar-refractivity contribution is 5.43. The molecule has 172 valence electrons. The number of terminal acetylenes is 2. The molecule has 0 amide bonds. The molecule has 0 saturated carbocycles. The summed E-state index contributed by atoms with van der Waals surface area (Å²) in [6.45, 7) is 11.3. The van der Waals surface area contributed by atoms with Gasteiger partial charge in [-0.05, 0) is 25.0 Å². The molecule has 0 spiro atoms. The molecule has 0 aliphatic carbocycles. The summed E-state index contributed by atoms with van der Waals surface area (Å²) < 4.78 is 81.1. The molecule has 0 aliphatic heterocycles. The molecular weight excluding hydrogens is 414 g/mol. The Balaban J connectivity index is -0.000000675. The highest BCUT2D eigenvalue weighted by atomic mass is 19.4. The first kappa shape index (κ1) is 32.8. The summed E-state index contributed by atoms with van der Waals surface area (Å²) in [6, 6.07) is 10.7. The van der Waals surface area contributed by atoms with Gasteiger partial charge in [0.1, 0.15) is 0 Å². The number of halogens is 6. The van der Waals surface area contributed by atoms with E-state index in [1.54, 1.807) is 13.8 Å². The molecule has 31 heavy (non-hydrogen) atoms. The molecule has 0 atom stereocenters. The van der Waals surface area contributed by atoms with E-state index in [1.807, 2.05) is 27.7 Å². The molecule has 0 heterocycles. The maximum Gasteiger partial charge on any atom is 0.411 e. The fraction of sp³-hybridized carbons (Fsp3) is 0.360. The zero-order valence-electron chi connectivity index (χ0n) is 18.7. The molecule has 2 aromatic rings. The Hall–Kier alpha value is -2.86. The number of alkyl halides is 6. The number of hydrogen-bond acceptors (Lipinski definition) is 0. The van der Waals surface area contributed by atoms with Crippen molar-refractivity contribution in [1.82, 2.24) is 0 Å². The van der Waals surface area contributed by atoms with E-state index < -0.39 is 28.9 Å². The van der Waals surface area contributed by atoms with E-state index in [0.29, 0.717) is 0 Å². The Bertz CT molecular complexity index is 678. The van der Waals surface area contributed by atoms with E-state index >= 15 is 0 Å². The lowest BCUT2D eigenvalue weighted by Gasteiger charge is -2.38. The zero-order chi connectivity index (χ0) is 25.1. The van der Waals surface area contributed by atoms with Gasteiger partial charge in [-0.1, -0.05) is 88.4 Å². The van der Waals surface area contributed by atoms with Crippen molar-refractivity contribution in [1.29, 1.82) is 0 Å². The standard InChI is InChI=1S/C15H10F6.2C3H4.2C2H6/c16-14(17,18)13(15(19,20)21,11-7-3-1-4-8-11)12-9-5-2-6-10-12;2*1-3-2;2*1-2/h1-10H;2*1H,2H3;2*1-2H3. The Morgan fingerprint density at radius 2 is 0.742 bits per heavy atom. The zero-order valence-corrected chi connectivity index (χ0v) is 18.7. The molecule has 2 aromatic carbocycles. The second-order valence-electron chi connectivity index (χ2n) is 5.05. The van der Waals surface area contributed by atoms with Gasteiger partial charge in [0, 0.05) is 0 Å². The summed E-state index contributed by atoms with van der Waals surface area (Å²) in [4.78, 5) is 0. The van der Waals surface area contributed by atoms with Crippen molar-refractivity contribution in [3.63, 3.8) is 0 Å². The summed E-state index contributed by atoms with van der Waals surface area (Å²) in [7, 11) is 0. The molecule has 0 saturated heterocycles. The molecular formula is C25H30F6. The maximum atomic E-state index is 13.5. The topological polar surface area (TPSA) is 0 Å². The Labute approximate surface area is 182 Å². The lowest BCUT2D eigenvalue weighted by Crippen LogP contribution is -2.54. The summed E-state index contributed by atoms with van der Waals surface area (Å²) in [5.74, 6) is 4.50. The highest BCUT2D eigenvalue weighted by Gasteiger charge is 2.72. The monoisotopic (exact) mass is 444 g/mol. The lowest BCUT2D eigenvalue weighted by atomic mass is 9.73. The van der Waals surface area contributed by atoms with Crippen LogP contribution >= 0.6 is 0 Å². The largest absolute Gasteiger partial charge is 0.411 e. The van der Waals surface area contributed by atoms with E-state index in [4.69, 9.17) is 0 Å². The van der Waals surface area contributed by atoms with E-state index in [1.165, 1.54) is 12.1 Å². The highest BCUT2D eigenvalue weighted by Crippen LogP contribution is 2.55. The molecule has 2 rings (SSSR count). The molecule has 0 nitrogen and oxygen atoms in total. The summed E-state index contributed by atoms with van der Waals surface area (Å²) in [6.07, 6.45) is -1.85. The van der Waals surface area contributed by atoms with Crippen molar-refractivity contribution < 1.29 is 26.3 Å². The smallest absolute Gasteiger partial charge is 0.169 e. The van der Waals surface area contributed by atoms with Gasteiger partial charge < -0.3 is 0 Å². The third-order valence-corrected chi connectivity index (χ3v) is 3.26. The Kier molecular flexibility index (Phi) is 17.9. The fourth-order valence-electron chi connectivity index (χ4n) is 2.36. The van der Waals surface area contributed by atoms with Crippen LogP contribution < -0.4 is 0 Å². The molecule has 0 N–H and O–H groups in total. The minimum atomic E-state index is -5.52. The van der Waals surface area contributed by atoms with Crippen LogP contribution in [-0.4, -0.2) is 12.4 Å². The average molecular weight is 445 g/mol. The van der Waals surface area contributed by atoms with Crippen molar-refractivity contribution in [2.24, 2.45) is 0 Å². The van der Waals surface area contributed by atoms with Gasteiger partial charge in [-0.15, -0.1) is 24.7 Å². The predicted octanol–water partition coefficient (Wildman–Crippen LogP) is 8.43. The van der Waals surface area contributed by atoms with Gasteiger partial charge in [-0.3, -0.25) is 0 Å². The van der Waals surface area contributed by atoms with Crippen LogP contribution in [-0.2, 0) is 5.41 Å². The molecule has 0 unspecified atom stereocenters. The first-order chi connectivity index (χ1) is 14.5. The van der Waals surface area contributed by atoms with Crippen molar-refractivity contribution in [3.8, 4) is 24.7 Å². The minimum absolute atomic E-state index is 0.841. The lowest BCUT2D eigenvalue weighted by molar-refractivity contribution is -0.288. The summed E-state index contributed by atoms with van der Waals surface area (Å²) in [5, 5.41) is 0. The third kappa shape index (κ3) is 9.22.